The van der Waals surface area contributed by atoms with Gasteiger partial charge in [0.2, 0.25) is 0 Å². The van der Waals surface area contributed by atoms with E-state index in [2.05, 4.69) is 79.9 Å². The molecule has 0 fully saturated rings. The lowest BCUT2D eigenvalue weighted by Gasteiger charge is -2.31. The molecule has 0 N–H and O–H groups in total. The number of esters is 2. The van der Waals surface area contributed by atoms with E-state index in [0.29, 0.717) is 5.56 Å². The van der Waals surface area contributed by atoms with Gasteiger partial charge in [0.15, 0.2) is 0 Å². The molecule has 262 valence electrons. The van der Waals surface area contributed by atoms with E-state index in [1.165, 1.54) is 27.6 Å². The minimum atomic E-state index is -4.27. The van der Waals surface area contributed by atoms with Crippen LogP contribution in [0, 0.1) is 0 Å². The summed E-state index contributed by atoms with van der Waals surface area (Å²) >= 11 is 0. The van der Waals surface area contributed by atoms with Crippen molar-refractivity contribution in [2.24, 2.45) is 0 Å². The number of fused-ring (bicyclic) bond motifs is 6. The summed E-state index contributed by atoms with van der Waals surface area (Å²) in [6.07, 6.45) is -3.15. The highest BCUT2D eigenvalue weighted by molar-refractivity contribution is 6.18. The van der Waals surface area contributed by atoms with E-state index >= 15 is 0 Å². The minimum absolute atomic E-state index is 0.140. The maximum absolute atomic E-state index is 13.1. The predicted molar refractivity (Wildman–Crippen MR) is 202 cm³/mol. The number of carbonyl (C=O) groups excluding carboxylic acids is 2. The highest BCUT2D eigenvalue weighted by Crippen LogP contribution is 2.53. The molecule has 4 nitrogen and oxygen atoms in total. The van der Waals surface area contributed by atoms with E-state index < -0.39 is 30.0 Å². The lowest BCUT2D eigenvalue weighted by atomic mass is 9.78. The van der Waals surface area contributed by atoms with Crippen LogP contribution < -0.4 is 0 Å². The van der Waals surface area contributed by atoms with E-state index in [-0.39, 0.29) is 19.6 Å². The maximum atomic E-state index is 13.1. The highest BCUT2D eigenvalue weighted by atomic mass is 19.4. The molecular formula is C46H33F3O4. The lowest BCUT2D eigenvalue weighted by Crippen LogP contribution is -2.38. The molecular weight excluding hydrogens is 673 g/mol. The number of aryl methyl sites for hydroxylation is 1. The largest absolute Gasteiger partial charge is 0.461 e. The van der Waals surface area contributed by atoms with Crippen molar-refractivity contribution >= 4 is 22.7 Å². The Morgan fingerprint density at radius 3 is 1.75 bits per heavy atom. The number of hydrogen-bond donors (Lipinski definition) is 0. The Morgan fingerprint density at radius 2 is 1.11 bits per heavy atom. The van der Waals surface area contributed by atoms with Crippen molar-refractivity contribution in [1.29, 1.82) is 0 Å². The second kappa shape index (κ2) is 13.1. The van der Waals surface area contributed by atoms with Gasteiger partial charge < -0.3 is 9.47 Å². The molecule has 0 heterocycles. The molecule has 2 aliphatic rings. The Hall–Kier alpha value is -6.21. The van der Waals surface area contributed by atoms with Crippen molar-refractivity contribution in [2.45, 2.75) is 24.4 Å². The lowest BCUT2D eigenvalue weighted by molar-refractivity contribution is -0.143. The first-order valence-electron chi connectivity index (χ1n) is 17.3. The van der Waals surface area contributed by atoms with Gasteiger partial charge in [-0.3, -0.25) is 0 Å². The van der Waals surface area contributed by atoms with E-state index in [0.717, 1.165) is 62.0 Å². The number of halogens is 3. The molecule has 0 saturated carbocycles. The zero-order chi connectivity index (χ0) is 36.9. The molecule has 2 aliphatic carbocycles. The summed E-state index contributed by atoms with van der Waals surface area (Å²) in [6.45, 7) is 6.81. The molecule has 0 atom stereocenters. The van der Waals surface area contributed by atoms with E-state index in [1.54, 1.807) is 18.2 Å². The first kappa shape index (κ1) is 33.9. The summed E-state index contributed by atoms with van der Waals surface area (Å²) in [5.74, 6) is -1.27. The van der Waals surface area contributed by atoms with Gasteiger partial charge >= 0.3 is 18.1 Å². The van der Waals surface area contributed by atoms with Crippen LogP contribution in [0.15, 0.2) is 141 Å². The quantitative estimate of drug-likeness (QED) is 0.105. The zero-order valence-corrected chi connectivity index (χ0v) is 28.6. The molecule has 0 saturated heterocycles. The van der Waals surface area contributed by atoms with Gasteiger partial charge in [-0.05, 0) is 102 Å². The first-order valence-corrected chi connectivity index (χ1v) is 17.3. The van der Waals surface area contributed by atoms with Crippen LogP contribution in [-0.4, -0.2) is 31.3 Å². The van der Waals surface area contributed by atoms with Crippen LogP contribution in [0.4, 0.5) is 13.2 Å². The van der Waals surface area contributed by atoms with Crippen LogP contribution in [0.3, 0.4) is 0 Å². The molecule has 6 aromatic rings. The molecule has 8 rings (SSSR count). The van der Waals surface area contributed by atoms with Crippen LogP contribution in [0.5, 0.6) is 0 Å². The van der Waals surface area contributed by atoms with E-state index in [9.17, 15) is 22.8 Å². The summed E-state index contributed by atoms with van der Waals surface area (Å²) < 4.78 is 50.8. The van der Waals surface area contributed by atoms with Crippen LogP contribution >= 0.6 is 0 Å². The molecule has 0 bridgehead atoms. The van der Waals surface area contributed by atoms with E-state index in [1.807, 2.05) is 30.3 Å². The summed E-state index contributed by atoms with van der Waals surface area (Å²) in [4.78, 5) is 25.3. The number of carbonyl (C=O) groups is 2. The van der Waals surface area contributed by atoms with Gasteiger partial charge in [-0.1, -0.05) is 116 Å². The maximum Gasteiger partial charge on any atom is 0.389 e. The molecule has 53 heavy (non-hydrogen) atoms. The first-order chi connectivity index (χ1) is 25.6. The van der Waals surface area contributed by atoms with Crippen LogP contribution in [0.1, 0.15) is 23.1 Å². The van der Waals surface area contributed by atoms with Crippen molar-refractivity contribution in [3.8, 4) is 55.6 Å². The van der Waals surface area contributed by atoms with Crippen LogP contribution in [0.25, 0.3) is 66.4 Å². The number of benzene rings is 6. The third-order valence-corrected chi connectivity index (χ3v) is 10.4. The molecule has 0 spiro atoms. The van der Waals surface area contributed by atoms with Crippen molar-refractivity contribution in [1.82, 2.24) is 0 Å². The van der Waals surface area contributed by atoms with Crippen molar-refractivity contribution in [2.75, 3.05) is 13.2 Å². The Kier molecular flexibility index (Phi) is 8.37. The van der Waals surface area contributed by atoms with Gasteiger partial charge in [-0.15, -0.1) is 0 Å². The smallest absolute Gasteiger partial charge is 0.389 e. The fourth-order valence-electron chi connectivity index (χ4n) is 7.95. The molecule has 0 aliphatic heterocycles. The van der Waals surface area contributed by atoms with Crippen molar-refractivity contribution in [3.05, 3.63) is 157 Å². The fourth-order valence-corrected chi connectivity index (χ4v) is 7.95. The topological polar surface area (TPSA) is 52.6 Å². The Balaban J connectivity index is 1.29. The average molecular weight is 707 g/mol. The molecule has 0 amide bonds. The number of ether oxygens (including phenoxy) is 2. The summed E-state index contributed by atoms with van der Waals surface area (Å²) in [7, 11) is 0. The van der Waals surface area contributed by atoms with Crippen molar-refractivity contribution < 1.29 is 32.2 Å². The van der Waals surface area contributed by atoms with Gasteiger partial charge in [0.05, 0.1) is 5.41 Å². The predicted octanol–water partition coefficient (Wildman–Crippen LogP) is 11.0. The summed E-state index contributed by atoms with van der Waals surface area (Å²) in [5, 5.41) is 2.28. The molecule has 0 unspecified atom stereocenters. The molecule has 0 radical (unpaired) electrons. The molecule has 7 heteroatoms. The van der Waals surface area contributed by atoms with Crippen LogP contribution in [0.2, 0.25) is 0 Å². The monoisotopic (exact) mass is 706 g/mol. The molecule has 0 aromatic heterocycles. The Morgan fingerprint density at radius 1 is 0.585 bits per heavy atom. The third kappa shape index (κ3) is 5.92. The minimum Gasteiger partial charge on any atom is -0.461 e. The number of alkyl halides is 3. The van der Waals surface area contributed by atoms with Gasteiger partial charge in [-0.25, -0.2) is 9.59 Å². The number of hydrogen-bond acceptors (Lipinski definition) is 4. The second-order valence-electron chi connectivity index (χ2n) is 13.5. The van der Waals surface area contributed by atoms with Gasteiger partial charge in [0, 0.05) is 18.6 Å². The van der Waals surface area contributed by atoms with Crippen molar-refractivity contribution in [3.63, 3.8) is 0 Å². The van der Waals surface area contributed by atoms with Crippen LogP contribution in [-0.2, 0) is 30.9 Å². The second-order valence-corrected chi connectivity index (χ2v) is 13.5. The van der Waals surface area contributed by atoms with E-state index in [4.69, 9.17) is 9.47 Å². The zero-order valence-electron chi connectivity index (χ0n) is 28.6. The standard InChI is InChI=1S/C46H33F3O4/c1-3-42(50)52-26-45(27-53-43(51)4-2)40-24-30(29-10-7-9-28(23-29)21-22-46(47,48)49)15-17-35(40)36-18-16-31(25-41(36)45)32-19-20-39-34-12-6-5-11-33(34)38-14-8-13-37(32)44(38)39/h3-20,23-25H,1-2,21-22,26-27H2. The Labute approximate surface area is 304 Å². The van der Waals surface area contributed by atoms with Gasteiger partial charge in [0.1, 0.15) is 13.2 Å². The molecule has 6 aromatic carbocycles. The average Bonchev–Trinajstić information content (AvgIpc) is 3.65. The fraction of sp³-hybridized carbons (Fsp3) is 0.130. The van der Waals surface area contributed by atoms with Gasteiger partial charge in [-0.2, -0.15) is 13.2 Å². The number of rotatable bonds is 10. The Bertz CT molecular complexity index is 2440. The summed E-state index contributed by atoms with van der Waals surface area (Å²) in [5.41, 5.74) is 10.9. The summed E-state index contributed by atoms with van der Waals surface area (Å²) in [6, 6.07) is 38.2. The third-order valence-electron chi connectivity index (χ3n) is 10.4. The van der Waals surface area contributed by atoms with Gasteiger partial charge in [0.25, 0.3) is 0 Å². The highest BCUT2D eigenvalue weighted by Gasteiger charge is 2.46. The normalized spacial score (nSPS) is 13.2. The SMILES string of the molecule is C=CC(=O)OCC1(COC(=O)C=C)c2cc(-c3cccc(CCC(F)(F)F)c3)ccc2-c2ccc(-c3ccc4c5c(cccc35)-c3ccccc3-4)cc21.